The molecule has 3 aromatic rings. The van der Waals surface area contributed by atoms with E-state index in [1.807, 2.05) is 11.8 Å². The second-order valence-electron chi connectivity index (χ2n) is 7.04. The summed E-state index contributed by atoms with van der Waals surface area (Å²) in [6, 6.07) is 5.89. The average Bonchev–Trinajstić information content (AvgIpc) is 2.78. The van der Waals surface area contributed by atoms with Gasteiger partial charge in [-0.15, -0.1) is 0 Å². The zero-order valence-electron chi connectivity index (χ0n) is 16.9. The van der Waals surface area contributed by atoms with E-state index in [2.05, 4.69) is 24.9 Å². The second kappa shape index (κ2) is 8.32. The normalized spacial score (nSPS) is 17.0. The largest absolute Gasteiger partial charge is 0.467 e. The maximum absolute atomic E-state index is 13.4. The smallest absolute Gasteiger partial charge is 0.419 e. The molecule has 8 nitrogen and oxygen atoms in total. The van der Waals surface area contributed by atoms with Crippen molar-refractivity contribution in [3.63, 3.8) is 0 Å². The van der Waals surface area contributed by atoms with Crippen LogP contribution >= 0.6 is 0 Å². The minimum atomic E-state index is -4.47. The highest BCUT2D eigenvalue weighted by Crippen LogP contribution is 2.36. The highest BCUT2D eigenvalue weighted by molar-refractivity contribution is 5.56. The number of pyridine rings is 2. The summed E-state index contributed by atoms with van der Waals surface area (Å²) in [4.78, 5) is 24.8. The van der Waals surface area contributed by atoms with Crippen molar-refractivity contribution in [2.24, 2.45) is 0 Å². The molecule has 0 radical (unpaired) electrons. The van der Waals surface area contributed by atoms with Gasteiger partial charge < -0.3 is 14.5 Å². The first-order chi connectivity index (χ1) is 14.9. The van der Waals surface area contributed by atoms with Crippen LogP contribution in [0.2, 0.25) is 0 Å². The number of hydrogen-bond donors (Lipinski definition) is 0. The van der Waals surface area contributed by atoms with Gasteiger partial charge in [0.05, 0.1) is 12.7 Å². The summed E-state index contributed by atoms with van der Waals surface area (Å²) in [6.07, 6.45) is 0.181. The van der Waals surface area contributed by atoms with Crippen LogP contribution in [-0.2, 0) is 6.18 Å². The lowest BCUT2D eigenvalue weighted by molar-refractivity contribution is -0.137. The third kappa shape index (κ3) is 4.35. The molecule has 0 bridgehead atoms. The van der Waals surface area contributed by atoms with Crippen LogP contribution in [0.4, 0.5) is 24.9 Å². The topological polar surface area (TPSA) is 80.2 Å². The first kappa shape index (κ1) is 20.8. The van der Waals surface area contributed by atoms with Crippen LogP contribution in [-0.4, -0.2) is 57.7 Å². The summed E-state index contributed by atoms with van der Waals surface area (Å²) in [5, 5.41) is 0. The van der Waals surface area contributed by atoms with Gasteiger partial charge in [0.1, 0.15) is 5.82 Å². The molecule has 3 aromatic heterocycles. The van der Waals surface area contributed by atoms with Gasteiger partial charge in [0.25, 0.3) is 0 Å². The molecule has 1 fully saturated rings. The Hall–Kier alpha value is -3.50. The Labute approximate surface area is 176 Å². The molecule has 162 valence electrons. The summed E-state index contributed by atoms with van der Waals surface area (Å²) in [5.74, 6) is 0.776. The fourth-order valence-electron chi connectivity index (χ4n) is 3.51. The molecule has 0 aromatic carbocycles. The SMILES string of the molecule is COc1nc(-c2ccncc2)nc(N2CCN(c3ncccc3C(F)(F)F)C[C@@H]2C)n1. The molecule has 0 saturated carbocycles. The van der Waals surface area contributed by atoms with Gasteiger partial charge in [-0.1, -0.05) is 0 Å². The number of anilines is 2. The zero-order chi connectivity index (χ0) is 22.0. The molecule has 4 heterocycles. The fourth-order valence-corrected chi connectivity index (χ4v) is 3.51. The van der Waals surface area contributed by atoms with Crippen molar-refractivity contribution in [2.45, 2.75) is 19.1 Å². The van der Waals surface area contributed by atoms with Crippen molar-refractivity contribution in [3.8, 4) is 17.4 Å². The summed E-state index contributed by atoms with van der Waals surface area (Å²) in [6.45, 7) is 2.99. The molecule has 0 amide bonds. The lowest BCUT2D eigenvalue weighted by Gasteiger charge is -2.41. The zero-order valence-corrected chi connectivity index (χ0v) is 16.9. The van der Waals surface area contributed by atoms with Gasteiger partial charge in [0.2, 0.25) is 5.95 Å². The van der Waals surface area contributed by atoms with Crippen molar-refractivity contribution in [3.05, 3.63) is 48.4 Å². The van der Waals surface area contributed by atoms with E-state index >= 15 is 0 Å². The number of rotatable bonds is 4. The van der Waals surface area contributed by atoms with E-state index in [0.29, 0.717) is 31.4 Å². The molecule has 0 N–H and O–H groups in total. The van der Waals surface area contributed by atoms with Crippen molar-refractivity contribution >= 4 is 11.8 Å². The Bertz CT molecular complexity index is 1050. The Morgan fingerprint density at radius 1 is 1.03 bits per heavy atom. The molecule has 31 heavy (non-hydrogen) atoms. The van der Waals surface area contributed by atoms with Crippen LogP contribution in [0.25, 0.3) is 11.4 Å². The Morgan fingerprint density at radius 3 is 2.48 bits per heavy atom. The van der Waals surface area contributed by atoms with Crippen molar-refractivity contribution < 1.29 is 17.9 Å². The molecular weight excluding hydrogens is 411 g/mol. The van der Waals surface area contributed by atoms with Crippen LogP contribution in [0.5, 0.6) is 6.01 Å². The lowest BCUT2D eigenvalue weighted by Crippen LogP contribution is -2.53. The fraction of sp³-hybridized carbons (Fsp3) is 0.350. The minimum Gasteiger partial charge on any atom is -0.467 e. The number of halogens is 3. The van der Waals surface area contributed by atoms with E-state index in [1.54, 1.807) is 29.4 Å². The van der Waals surface area contributed by atoms with Gasteiger partial charge in [-0.05, 0) is 31.2 Å². The van der Waals surface area contributed by atoms with E-state index in [-0.39, 0.29) is 17.9 Å². The average molecular weight is 431 g/mol. The molecule has 1 atom stereocenters. The van der Waals surface area contributed by atoms with E-state index in [4.69, 9.17) is 4.74 Å². The van der Waals surface area contributed by atoms with Gasteiger partial charge in [-0.3, -0.25) is 4.98 Å². The summed E-state index contributed by atoms with van der Waals surface area (Å²) in [7, 11) is 1.47. The first-order valence-corrected chi connectivity index (χ1v) is 9.61. The van der Waals surface area contributed by atoms with Gasteiger partial charge in [-0.2, -0.15) is 28.1 Å². The number of ether oxygens (including phenoxy) is 1. The predicted octanol–water partition coefficient (Wildman–Crippen LogP) is 3.07. The number of piperazine rings is 1. The molecule has 0 unspecified atom stereocenters. The highest BCUT2D eigenvalue weighted by Gasteiger charge is 2.37. The maximum Gasteiger partial charge on any atom is 0.419 e. The third-order valence-corrected chi connectivity index (χ3v) is 5.00. The number of hydrogen-bond acceptors (Lipinski definition) is 8. The molecule has 11 heteroatoms. The van der Waals surface area contributed by atoms with Crippen molar-refractivity contribution in [1.29, 1.82) is 0 Å². The van der Waals surface area contributed by atoms with Gasteiger partial charge >= 0.3 is 12.2 Å². The standard InChI is InChI=1S/C20H20F3N7O/c1-13-12-29(17-15(20(21,22)23)4-3-7-25-17)10-11-30(13)18-26-16(27-19(28-18)31-2)14-5-8-24-9-6-14/h3-9,13H,10-12H2,1-2H3/t13-/m0/s1. The predicted molar refractivity (Wildman–Crippen MR) is 108 cm³/mol. The van der Waals surface area contributed by atoms with Gasteiger partial charge in [-0.25, -0.2) is 4.98 Å². The third-order valence-electron chi connectivity index (χ3n) is 5.00. The first-order valence-electron chi connectivity index (χ1n) is 9.61. The van der Waals surface area contributed by atoms with Crippen LogP contribution in [0, 0.1) is 0 Å². The van der Waals surface area contributed by atoms with E-state index in [0.717, 1.165) is 11.6 Å². The quantitative estimate of drug-likeness (QED) is 0.624. The summed E-state index contributed by atoms with van der Waals surface area (Å²) >= 11 is 0. The summed E-state index contributed by atoms with van der Waals surface area (Å²) < 4.78 is 45.5. The van der Waals surface area contributed by atoms with Crippen molar-refractivity contribution in [2.75, 3.05) is 36.5 Å². The Balaban J connectivity index is 1.61. The molecule has 1 aliphatic heterocycles. The second-order valence-corrected chi connectivity index (χ2v) is 7.04. The monoisotopic (exact) mass is 431 g/mol. The van der Waals surface area contributed by atoms with Crippen LogP contribution < -0.4 is 14.5 Å². The van der Waals surface area contributed by atoms with Crippen LogP contribution in [0.15, 0.2) is 42.9 Å². The van der Waals surface area contributed by atoms with Gasteiger partial charge in [0.15, 0.2) is 5.82 Å². The molecule has 0 aliphatic carbocycles. The molecule has 1 saturated heterocycles. The molecular formula is C20H20F3N7O. The van der Waals surface area contributed by atoms with Crippen LogP contribution in [0.3, 0.4) is 0 Å². The lowest BCUT2D eigenvalue weighted by atomic mass is 10.1. The number of alkyl halides is 3. The molecule has 1 aliphatic rings. The van der Waals surface area contributed by atoms with E-state index in [1.165, 1.54) is 19.4 Å². The van der Waals surface area contributed by atoms with Crippen LogP contribution in [0.1, 0.15) is 12.5 Å². The van der Waals surface area contributed by atoms with E-state index < -0.39 is 11.7 Å². The van der Waals surface area contributed by atoms with Crippen molar-refractivity contribution in [1.82, 2.24) is 24.9 Å². The molecule has 4 rings (SSSR count). The molecule has 0 spiro atoms. The number of nitrogens with zero attached hydrogens (tertiary/aromatic N) is 7. The Kier molecular flexibility index (Phi) is 5.57. The summed E-state index contributed by atoms with van der Waals surface area (Å²) in [5.41, 5.74) is 0.0176. The van der Waals surface area contributed by atoms with Gasteiger partial charge in [0, 0.05) is 49.8 Å². The van der Waals surface area contributed by atoms with E-state index in [9.17, 15) is 13.2 Å². The highest BCUT2D eigenvalue weighted by atomic mass is 19.4. The maximum atomic E-state index is 13.4. The number of aromatic nitrogens is 5. The minimum absolute atomic E-state index is 0.0628. The Morgan fingerprint density at radius 2 is 1.81 bits per heavy atom. The number of methoxy groups -OCH3 is 1.